The Hall–Kier alpha value is -1.02. The molecule has 1 saturated carbocycles. The molecule has 4 N–H and O–H groups in total. The molecule has 8 heteroatoms. The van der Waals surface area contributed by atoms with Crippen LogP contribution in [0.1, 0.15) is 25.7 Å². The van der Waals surface area contributed by atoms with E-state index in [1.807, 2.05) is 0 Å². The number of amides is 1. The summed E-state index contributed by atoms with van der Waals surface area (Å²) in [5, 5.41) is 21.9. The van der Waals surface area contributed by atoms with Crippen molar-refractivity contribution in [3.05, 3.63) is 0 Å². The Morgan fingerprint density at radius 1 is 1.22 bits per heavy atom. The molecule has 0 aliphatic heterocycles. The average molecular weight is 270 g/mol. The van der Waals surface area contributed by atoms with Gasteiger partial charge in [0.2, 0.25) is 0 Å². The van der Waals surface area contributed by atoms with E-state index < -0.39 is 24.9 Å². The maximum absolute atomic E-state index is 12.4. The van der Waals surface area contributed by atoms with Gasteiger partial charge in [-0.3, -0.25) is 0 Å². The largest absolute Gasteiger partial charge is 0.465 e. The Morgan fingerprint density at radius 3 is 2.11 bits per heavy atom. The molecule has 1 aliphatic carbocycles. The van der Waals surface area contributed by atoms with Crippen LogP contribution < -0.4 is 10.6 Å². The summed E-state index contributed by atoms with van der Waals surface area (Å²) in [5.41, 5.74) is 0. The highest BCUT2D eigenvalue weighted by molar-refractivity contribution is 5.64. The van der Waals surface area contributed by atoms with E-state index >= 15 is 0 Å². The summed E-state index contributed by atoms with van der Waals surface area (Å²) in [7, 11) is 0. The van der Waals surface area contributed by atoms with Crippen LogP contribution in [0.5, 0.6) is 0 Å². The fourth-order valence-electron chi connectivity index (χ4n) is 2.11. The first-order valence-corrected chi connectivity index (χ1v) is 5.76. The minimum absolute atomic E-state index is 0.195. The van der Waals surface area contributed by atoms with Gasteiger partial charge in [0.1, 0.15) is 6.04 Å². The van der Waals surface area contributed by atoms with Crippen LogP contribution >= 0.6 is 0 Å². The van der Waals surface area contributed by atoms with Crippen molar-refractivity contribution in [2.45, 2.75) is 50.0 Å². The SMILES string of the molecule is O=C(O)N[C@H]1CC[C@H](N[C@@H](CO)C(F)(F)F)CC1. The zero-order valence-corrected chi connectivity index (χ0v) is 9.70. The quantitative estimate of drug-likeness (QED) is 0.616. The van der Waals surface area contributed by atoms with Crippen molar-refractivity contribution < 1.29 is 28.2 Å². The molecular weight excluding hydrogens is 253 g/mol. The number of alkyl halides is 3. The van der Waals surface area contributed by atoms with Crippen LogP contribution in [0.25, 0.3) is 0 Å². The standard InChI is InChI=1S/C10H17F3N2O3/c11-10(12,13)8(5-16)14-6-1-3-7(4-2-6)15-9(17)18/h6-8,14-16H,1-5H2,(H,17,18)/t6-,7-,8-/m0/s1. The van der Waals surface area contributed by atoms with Gasteiger partial charge in [-0.05, 0) is 25.7 Å². The van der Waals surface area contributed by atoms with Crippen molar-refractivity contribution >= 4 is 6.09 Å². The van der Waals surface area contributed by atoms with Crippen LogP contribution in [0.2, 0.25) is 0 Å². The maximum atomic E-state index is 12.4. The minimum Gasteiger partial charge on any atom is -0.465 e. The topological polar surface area (TPSA) is 81.6 Å². The Balaban J connectivity index is 2.37. The highest BCUT2D eigenvalue weighted by atomic mass is 19.4. The van der Waals surface area contributed by atoms with Crippen molar-refractivity contribution in [2.75, 3.05) is 6.61 Å². The molecule has 0 radical (unpaired) electrons. The van der Waals surface area contributed by atoms with E-state index in [1.165, 1.54) is 0 Å². The molecule has 0 unspecified atom stereocenters. The van der Waals surface area contributed by atoms with Crippen LogP contribution in [0.4, 0.5) is 18.0 Å². The number of aliphatic hydroxyl groups excluding tert-OH is 1. The number of hydrogen-bond donors (Lipinski definition) is 4. The van der Waals surface area contributed by atoms with Gasteiger partial charge in [0.15, 0.2) is 0 Å². The molecule has 18 heavy (non-hydrogen) atoms. The first-order chi connectivity index (χ1) is 8.32. The maximum Gasteiger partial charge on any atom is 0.406 e. The van der Waals surface area contributed by atoms with E-state index in [2.05, 4.69) is 10.6 Å². The smallest absolute Gasteiger partial charge is 0.406 e. The molecular formula is C10H17F3N2O3. The lowest BCUT2D eigenvalue weighted by Crippen LogP contribution is -2.51. The second-order valence-electron chi connectivity index (χ2n) is 4.44. The third-order valence-corrected chi connectivity index (χ3v) is 3.07. The molecule has 1 amide bonds. The van der Waals surface area contributed by atoms with E-state index in [1.54, 1.807) is 0 Å². The molecule has 0 aromatic rings. The van der Waals surface area contributed by atoms with Crippen molar-refractivity contribution in [1.82, 2.24) is 10.6 Å². The van der Waals surface area contributed by atoms with Gasteiger partial charge in [-0.25, -0.2) is 4.79 Å². The number of rotatable bonds is 4. The second-order valence-corrected chi connectivity index (χ2v) is 4.44. The number of carboxylic acid groups (broad SMARTS) is 1. The fraction of sp³-hybridized carbons (Fsp3) is 0.900. The van der Waals surface area contributed by atoms with Gasteiger partial charge < -0.3 is 20.8 Å². The summed E-state index contributed by atoms with van der Waals surface area (Å²) in [4.78, 5) is 10.4. The molecule has 0 aromatic heterocycles. The van der Waals surface area contributed by atoms with Crippen molar-refractivity contribution in [3.63, 3.8) is 0 Å². The van der Waals surface area contributed by atoms with Gasteiger partial charge in [0, 0.05) is 12.1 Å². The molecule has 0 saturated heterocycles. The molecule has 106 valence electrons. The molecule has 0 spiro atoms. The first kappa shape index (κ1) is 15.0. The Morgan fingerprint density at radius 2 is 1.72 bits per heavy atom. The number of aliphatic hydroxyl groups is 1. The lowest BCUT2D eigenvalue weighted by Gasteiger charge is -2.32. The van der Waals surface area contributed by atoms with E-state index in [9.17, 15) is 18.0 Å². The number of carbonyl (C=O) groups is 1. The van der Waals surface area contributed by atoms with E-state index in [0.717, 1.165) is 0 Å². The lowest BCUT2D eigenvalue weighted by atomic mass is 9.91. The summed E-state index contributed by atoms with van der Waals surface area (Å²) in [6.45, 7) is -0.989. The van der Waals surface area contributed by atoms with E-state index in [0.29, 0.717) is 25.7 Å². The van der Waals surface area contributed by atoms with Gasteiger partial charge in [0.25, 0.3) is 0 Å². The van der Waals surface area contributed by atoms with Gasteiger partial charge in [-0.1, -0.05) is 0 Å². The zero-order chi connectivity index (χ0) is 13.8. The molecule has 1 rings (SSSR count). The number of hydrogen-bond acceptors (Lipinski definition) is 3. The van der Waals surface area contributed by atoms with Crippen LogP contribution in [-0.4, -0.2) is 47.2 Å². The molecule has 0 aromatic carbocycles. The molecule has 1 atom stereocenters. The molecule has 1 aliphatic rings. The fourth-order valence-corrected chi connectivity index (χ4v) is 2.11. The van der Waals surface area contributed by atoms with Gasteiger partial charge in [-0.15, -0.1) is 0 Å². The monoisotopic (exact) mass is 270 g/mol. The van der Waals surface area contributed by atoms with Crippen LogP contribution in [0.15, 0.2) is 0 Å². The third-order valence-electron chi connectivity index (χ3n) is 3.07. The normalized spacial score (nSPS) is 26.7. The predicted molar refractivity (Wildman–Crippen MR) is 57.3 cm³/mol. The van der Waals surface area contributed by atoms with Gasteiger partial charge in [-0.2, -0.15) is 13.2 Å². The van der Waals surface area contributed by atoms with Crippen LogP contribution in [0, 0.1) is 0 Å². The first-order valence-electron chi connectivity index (χ1n) is 5.76. The van der Waals surface area contributed by atoms with Crippen molar-refractivity contribution in [2.24, 2.45) is 0 Å². The number of halogens is 3. The molecule has 0 heterocycles. The summed E-state index contributed by atoms with van der Waals surface area (Å²) in [6.07, 6.45) is -3.67. The second kappa shape index (κ2) is 6.24. The van der Waals surface area contributed by atoms with Gasteiger partial charge in [0.05, 0.1) is 6.61 Å². The zero-order valence-electron chi connectivity index (χ0n) is 9.70. The summed E-state index contributed by atoms with van der Waals surface area (Å²) < 4.78 is 37.2. The minimum atomic E-state index is -4.47. The van der Waals surface area contributed by atoms with Crippen molar-refractivity contribution in [1.29, 1.82) is 0 Å². The predicted octanol–water partition coefficient (Wildman–Crippen LogP) is 1.08. The Labute approximate surface area is 102 Å². The lowest BCUT2D eigenvalue weighted by molar-refractivity contribution is -0.166. The van der Waals surface area contributed by atoms with Gasteiger partial charge >= 0.3 is 12.3 Å². The Bertz CT molecular complexity index is 278. The van der Waals surface area contributed by atoms with E-state index in [-0.39, 0.29) is 12.1 Å². The summed E-state index contributed by atoms with van der Waals surface area (Å²) in [5.74, 6) is 0. The third kappa shape index (κ3) is 4.69. The Kier molecular flexibility index (Phi) is 5.21. The number of nitrogens with one attached hydrogen (secondary N) is 2. The average Bonchev–Trinajstić information content (AvgIpc) is 2.25. The highest BCUT2D eigenvalue weighted by Crippen LogP contribution is 2.24. The highest BCUT2D eigenvalue weighted by Gasteiger charge is 2.40. The molecule has 0 bridgehead atoms. The summed E-state index contributed by atoms with van der Waals surface area (Å²) >= 11 is 0. The van der Waals surface area contributed by atoms with Crippen molar-refractivity contribution in [3.8, 4) is 0 Å². The molecule has 5 nitrogen and oxygen atoms in total. The van der Waals surface area contributed by atoms with Crippen LogP contribution in [0.3, 0.4) is 0 Å². The summed E-state index contributed by atoms with van der Waals surface area (Å²) in [6, 6.07) is -2.44. The molecule has 1 fully saturated rings. The van der Waals surface area contributed by atoms with Crippen LogP contribution in [-0.2, 0) is 0 Å². The van der Waals surface area contributed by atoms with E-state index in [4.69, 9.17) is 10.2 Å².